The Hall–Kier alpha value is -1.93. The van der Waals surface area contributed by atoms with Crippen LogP contribution in [0.4, 0.5) is 5.13 Å². The van der Waals surface area contributed by atoms with Crippen LogP contribution in [0.2, 0.25) is 0 Å². The Bertz CT molecular complexity index is 1010. The van der Waals surface area contributed by atoms with Crippen LogP contribution < -0.4 is 4.90 Å². The Morgan fingerprint density at radius 3 is 2.65 bits per heavy atom. The van der Waals surface area contributed by atoms with Crippen molar-refractivity contribution < 1.29 is 9.53 Å². The van der Waals surface area contributed by atoms with E-state index in [9.17, 15) is 4.79 Å². The lowest BCUT2D eigenvalue weighted by atomic mass is 10.2. The molecule has 1 saturated heterocycles. The molecule has 3 aromatic rings. The molecule has 2 heterocycles. The van der Waals surface area contributed by atoms with Gasteiger partial charge in [0, 0.05) is 43.2 Å². The molecule has 0 saturated carbocycles. The Morgan fingerprint density at radius 1 is 1.13 bits per heavy atom. The van der Waals surface area contributed by atoms with Crippen molar-refractivity contribution >= 4 is 44.4 Å². The number of hydrogen-bond acceptors (Lipinski definition) is 6. The van der Waals surface area contributed by atoms with Gasteiger partial charge in [-0.05, 0) is 43.7 Å². The van der Waals surface area contributed by atoms with Gasteiger partial charge < -0.3 is 4.74 Å². The summed E-state index contributed by atoms with van der Waals surface area (Å²) >= 11 is 3.34. The van der Waals surface area contributed by atoms with Crippen molar-refractivity contribution in [3.8, 4) is 0 Å². The first-order chi connectivity index (χ1) is 15.1. The first-order valence-corrected chi connectivity index (χ1v) is 12.6. The van der Waals surface area contributed by atoms with Crippen molar-refractivity contribution in [2.45, 2.75) is 25.2 Å². The number of thioether (sulfide) groups is 1. The average Bonchev–Trinajstić information content (AvgIpc) is 3.19. The van der Waals surface area contributed by atoms with Crippen LogP contribution in [0.15, 0.2) is 47.4 Å². The molecule has 164 valence electrons. The molecule has 0 N–H and O–H groups in total. The van der Waals surface area contributed by atoms with E-state index in [0.717, 1.165) is 53.9 Å². The lowest BCUT2D eigenvalue weighted by Crippen LogP contribution is -2.43. The Kier molecular flexibility index (Phi) is 7.61. The first-order valence-electron chi connectivity index (χ1n) is 10.8. The van der Waals surface area contributed by atoms with Crippen LogP contribution in [0.25, 0.3) is 10.2 Å². The Labute approximate surface area is 192 Å². The molecule has 0 radical (unpaired) electrons. The van der Waals surface area contributed by atoms with E-state index in [1.807, 2.05) is 11.0 Å². The first kappa shape index (κ1) is 22.3. The number of carbonyl (C=O) groups excluding carboxylic acids is 1. The summed E-state index contributed by atoms with van der Waals surface area (Å²) < 4.78 is 6.59. The lowest BCUT2D eigenvalue weighted by molar-refractivity contribution is -0.118. The number of rotatable bonds is 8. The zero-order chi connectivity index (χ0) is 21.6. The van der Waals surface area contributed by atoms with Gasteiger partial charge >= 0.3 is 0 Å². The summed E-state index contributed by atoms with van der Waals surface area (Å²) in [5.74, 6) is 0.906. The summed E-state index contributed by atoms with van der Waals surface area (Å²) in [7, 11) is 0. The SMILES string of the molecule is Cc1ccc(SCCC(=O)N(CCN2CCOCC2)c2nc3ccc(C)cc3s2)cc1. The van der Waals surface area contributed by atoms with E-state index in [4.69, 9.17) is 9.72 Å². The molecular weight excluding hydrogens is 426 g/mol. The molecule has 0 unspecified atom stereocenters. The number of amides is 1. The number of hydrogen-bond donors (Lipinski definition) is 0. The minimum absolute atomic E-state index is 0.142. The number of fused-ring (bicyclic) bond motifs is 1. The van der Waals surface area contributed by atoms with Gasteiger partial charge in [0.25, 0.3) is 0 Å². The predicted octanol–water partition coefficient (Wildman–Crippen LogP) is 4.76. The van der Waals surface area contributed by atoms with E-state index in [1.54, 1.807) is 23.1 Å². The summed E-state index contributed by atoms with van der Waals surface area (Å²) in [6.45, 7) is 9.05. The molecule has 0 bridgehead atoms. The van der Waals surface area contributed by atoms with Crippen molar-refractivity contribution in [2.75, 3.05) is 50.0 Å². The summed E-state index contributed by atoms with van der Waals surface area (Å²) in [5, 5.41) is 0.805. The molecule has 0 atom stereocenters. The zero-order valence-corrected chi connectivity index (χ0v) is 19.8. The van der Waals surface area contributed by atoms with Gasteiger partial charge in [-0.15, -0.1) is 11.8 Å². The quantitative estimate of drug-likeness (QED) is 0.458. The van der Waals surface area contributed by atoms with Crippen LogP contribution in [0.1, 0.15) is 17.5 Å². The normalized spacial score (nSPS) is 14.8. The number of aromatic nitrogens is 1. The number of carbonyl (C=O) groups is 1. The highest BCUT2D eigenvalue weighted by atomic mass is 32.2. The third-order valence-corrected chi connectivity index (χ3v) is 7.47. The molecule has 7 heteroatoms. The maximum atomic E-state index is 13.2. The number of morpholine rings is 1. The van der Waals surface area contributed by atoms with Crippen molar-refractivity contribution in [1.82, 2.24) is 9.88 Å². The molecule has 0 aliphatic carbocycles. The summed E-state index contributed by atoms with van der Waals surface area (Å²) in [5.41, 5.74) is 3.42. The molecule has 1 amide bonds. The van der Waals surface area contributed by atoms with Crippen molar-refractivity contribution in [1.29, 1.82) is 0 Å². The van der Waals surface area contributed by atoms with Gasteiger partial charge in [-0.2, -0.15) is 0 Å². The summed E-state index contributed by atoms with van der Waals surface area (Å²) in [6, 6.07) is 14.7. The largest absolute Gasteiger partial charge is 0.379 e. The molecule has 31 heavy (non-hydrogen) atoms. The van der Waals surface area contributed by atoms with Gasteiger partial charge in [0.2, 0.25) is 5.91 Å². The topological polar surface area (TPSA) is 45.7 Å². The van der Waals surface area contributed by atoms with Crippen LogP contribution >= 0.6 is 23.1 Å². The third kappa shape index (κ3) is 6.07. The van der Waals surface area contributed by atoms with Crippen LogP contribution in [0.3, 0.4) is 0 Å². The number of anilines is 1. The molecule has 5 nitrogen and oxygen atoms in total. The molecule has 0 spiro atoms. The molecule has 1 aromatic heterocycles. The van der Waals surface area contributed by atoms with E-state index in [-0.39, 0.29) is 5.91 Å². The monoisotopic (exact) mass is 455 g/mol. The molecule has 1 fully saturated rings. The Morgan fingerprint density at radius 2 is 1.87 bits per heavy atom. The number of nitrogens with zero attached hydrogens (tertiary/aromatic N) is 3. The van der Waals surface area contributed by atoms with E-state index < -0.39 is 0 Å². The van der Waals surface area contributed by atoms with Gasteiger partial charge in [-0.25, -0.2) is 4.98 Å². The molecular formula is C24H29N3O2S2. The minimum atomic E-state index is 0.142. The summed E-state index contributed by atoms with van der Waals surface area (Å²) in [6.07, 6.45) is 0.497. The number of thiazole rings is 1. The maximum Gasteiger partial charge on any atom is 0.229 e. The second kappa shape index (κ2) is 10.6. The van der Waals surface area contributed by atoms with Crippen LogP contribution in [-0.2, 0) is 9.53 Å². The molecule has 1 aliphatic rings. The zero-order valence-electron chi connectivity index (χ0n) is 18.2. The van der Waals surface area contributed by atoms with E-state index in [2.05, 4.69) is 55.1 Å². The molecule has 2 aromatic carbocycles. The predicted molar refractivity (Wildman–Crippen MR) is 130 cm³/mol. The molecule has 4 rings (SSSR count). The van der Waals surface area contributed by atoms with Crippen molar-refractivity contribution in [2.24, 2.45) is 0 Å². The van der Waals surface area contributed by atoms with Gasteiger partial charge in [0.1, 0.15) is 0 Å². The van der Waals surface area contributed by atoms with Gasteiger partial charge in [0.15, 0.2) is 5.13 Å². The van der Waals surface area contributed by atoms with Crippen molar-refractivity contribution in [3.05, 3.63) is 53.6 Å². The highest BCUT2D eigenvalue weighted by Gasteiger charge is 2.21. The third-order valence-electron chi connectivity index (χ3n) is 5.41. The van der Waals surface area contributed by atoms with Crippen LogP contribution in [-0.4, -0.2) is 60.9 Å². The van der Waals surface area contributed by atoms with Gasteiger partial charge in [-0.1, -0.05) is 35.1 Å². The smallest absolute Gasteiger partial charge is 0.229 e. The molecule has 1 aliphatic heterocycles. The number of aryl methyl sites for hydroxylation is 2. The fourth-order valence-corrected chi connectivity index (χ4v) is 5.50. The standard InChI is InChI=1S/C24H29N3O2S2/c1-18-3-6-20(7-4-18)30-16-9-23(28)27(11-10-26-12-14-29-15-13-26)24-25-21-8-5-19(2)17-22(21)31-24/h3-8,17H,9-16H2,1-2H3. The second-order valence-corrected chi connectivity index (χ2v) is 10.1. The van der Waals surface area contributed by atoms with E-state index in [1.165, 1.54) is 16.0 Å². The van der Waals surface area contributed by atoms with Crippen LogP contribution in [0, 0.1) is 13.8 Å². The summed E-state index contributed by atoms with van der Waals surface area (Å²) in [4.78, 5) is 23.5. The highest BCUT2D eigenvalue weighted by Crippen LogP contribution is 2.30. The van der Waals surface area contributed by atoms with Crippen LogP contribution in [0.5, 0.6) is 0 Å². The number of ether oxygens (including phenoxy) is 1. The van der Waals surface area contributed by atoms with E-state index in [0.29, 0.717) is 13.0 Å². The van der Waals surface area contributed by atoms with Crippen molar-refractivity contribution in [3.63, 3.8) is 0 Å². The maximum absolute atomic E-state index is 13.2. The lowest BCUT2D eigenvalue weighted by Gasteiger charge is -2.29. The average molecular weight is 456 g/mol. The van der Waals surface area contributed by atoms with E-state index >= 15 is 0 Å². The Balaban J connectivity index is 1.44. The second-order valence-electron chi connectivity index (χ2n) is 7.88. The number of benzene rings is 2. The minimum Gasteiger partial charge on any atom is -0.379 e. The highest BCUT2D eigenvalue weighted by molar-refractivity contribution is 7.99. The fraction of sp³-hybridized carbons (Fsp3) is 0.417. The van der Waals surface area contributed by atoms with Gasteiger partial charge in [-0.3, -0.25) is 14.6 Å². The fourth-order valence-electron chi connectivity index (χ4n) is 3.55. The van der Waals surface area contributed by atoms with Gasteiger partial charge in [0.05, 0.1) is 23.4 Å².